The highest BCUT2D eigenvalue weighted by Crippen LogP contribution is 2.42. The predicted molar refractivity (Wildman–Crippen MR) is 80.0 cm³/mol. The van der Waals surface area contributed by atoms with Crippen molar-refractivity contribution in [2.24, 2.45) is 0 Å². The van der Waals surface area contributed by atoms with Crippen LogP contribution in [0.2, 0.25) is 0 Å². The van der Waals surface area contributed by atoms with E-state index in [0.717, 1.165) is 11.3 Å². The molecule has 0 bridgehead atoms. The van der Waals surface area contributed by atoms with E-state index in [9.17, 15) is 5.11 Å². The van der Waals surface area contributed by atoms with Gasteiger partial charge in [0, 0.05) is 12.0 Å². The molecule has 1 aliphatic heterocycles. The number of hydrogen-bond donors (Lipinski definition) is 1. The predicted octanol–water partition coefficient (Wildman–Crippen LogP) is 4.17. The van der Waals surface area contributed by atoms with Crippen molar-refractivity contribution in [3.63, 3.8) is 0 Å². The Morgan fingerprint density at radius 2 is 1.70 bits per heavy atom. The van der Waals surface area contributed by atoms with E-state index in [1.807, 2.05) is 24.3 Å². The number of aliphatic hydroxyl groups is 1. The molecule has 0 radical (unpaired) electrons. The maximum absolute atomic E-state index is 10.3. The van der Waals surface area contributed by atoms with E-state index >= 15 is 0 Å². The van der Waals surface area contributed by atoms with Crippen LogP contribution in [0.25, 0.3) is 0 Å². The fourth-order valence-corrected chi connectivity index (χ4v) is 3.27. The molecule has 0 aliphatic carbocycles. The van der Waals surface area contributed by atoms with E-state index in [4.69, 9.17) is 4.74 Å². The normalized spacial score (nSPS) is 21.2. The Morgan fingerprint density at radius 3 is 2.40 bits per heavy atom. The van der Waals surface area contributed by atoms with Gasteiger partial charge in [-0.2, -0.15) is 0 Å². The minimum Gasteiger partial charge on any atom is -0.485 e. The molecule has 2 unspecified atom stereocenters. The Bertz CT molecular complexity index is 623. The minimum atomic E-state index is -0.454. The van der Waals surface area contributed by atoms with Gasteiger partial charge in [-0.3, -0.25) is 0 Å². The number of aliphatic hydroxyl groups excluding tert-OH is 1. The summed E-state index contributed by atoms with van der Waals surface area (Å²) in [5.41, 5.74) is 5.84. The smallest absolute Gasteiger partial charge is 0.127 e. The third-order valence-electron chi connectivity index (χ3n) is 4.04. The summed E-state index contributed by atoms with van der Waals surface area (Å²) in [5.74, 6) is 0.802. The number of aryl methyl sites for hydroxylation is 3. The molecule has 0 fully saturated rings. The molecule has 1 heterocycles. The van der Waals surface area contributed by atoms with Gasteiger partial charge in [-0.25, -0.2) is 0 Å². The summed E-state index contributed by atoms with van der Waals surface area (Å²) < 4.78 is 6.13. The Kier molecular flexibility index (Phi) is 3.27. The molecule has 0 saturated heterocycles. The molecule has 1 aliphatic rings. The monoisotopic (exact) mass is 268 g/mol. The highest BCUT2D eigenvalue weighted by Gasteiger charge is 2.29. The summed E-state index contributed by atoms with van der Waals surface area (Å²) in [6.07, 6.45) is 0.0902. The highest BCUT2D eigenvalue weighted by molar-refractivity contribution is 5.43. The van der Waals surface area contributed by atoms with Gasteiger partial charge in [0.1, 0.15) is 11.9 Å². The largest absolute Gasteiger partial charge is 0.485 e. The second kappa shape index (κ2) is 4.95. The lowest BCUT2D eigenvalue weighted by molar-refractivity contribution is 0.0652. The van der Waals surface area contributed by atoms with Gasteiger partial charge in [-0.05, 0) is 43.5 Å². The quantitative estimate of drug-likeness (QED) is 0.841. The highest BCUT2D eigenvalue weighted by atomic mass is 16.5. The third-order valence-corrected chi connectivity index (χ3v) is 4.04. The molecular formula is C18H20O2. The van der Waals surface area contributed by atoms with Gasteiger partial charge in [0.25, 0.3) is 0 Å². The van der Waals surface area contributed by atoms with Crippen molar-refractivity contribution in [2.75, 3.05) is 0 Å². The lowest BCUT2D eigenvalue weighted by Gasteiger charge is -2.31. The molecule has 2 nitrogen and oxygen atoms in total. The van der Waals surface area contributed by atoms with Crippen LogP contribution < -0.4 is 4.74 Å². The van der Waals surface area contributed by atoms with Crippen LogP contribution in [0, 0.1) is 20.8 Å². The summed E-state index contributed by atoms with van der Waals surface area (Å²) in [6, 6.07) is 12.1. The van der Waals surface area contributed by atoms with Crippen molar-refractivity contribution in [3.8, 4) is 5.75 Å². The maximum Gasteiger partial charge on any atom is 0.127 e. The van der Waals surface area contributed by atoms with Crippen molar-refractivity contribution in [1.82, 2.24) is 0 Å². The van der Waals surface area contributed by atoms with Gasteiger partial charge in [0.15, 0.2) is 0 Å². The van der Waals surface area contributed by atoms with Crippen LogP contribution in [0.4, 0.5) is 0 Å². The standard InChI is InChI=1S/C18H20O2/c1-11-8-12(2)18(13(3)9-11)17-10-15(19)14-6-4-5-7-16(14)20-17/h4-9,15,17,19H,10H2,1-3H3. The van der Waals surface area contributed by atoms with E-state index in [-0.39, 0.29) is 6.10 Å². The van der Waals surface area contributed by atoms with Crippen molar-refractivity contribution < 1.29 is 9.84 Å². The first-order chi connectivity index (χ1) is 9.56. The third kappa shape index (κ3) is 2.20. The van der Waals surface area contributed by atoms with E-state index in [1.165, 1.54) is 22.3 Å². The molecule has 2 aromatic carbocycles. The molecule has 2 aromatic rings. The van der Waals surface area contributed by atoms with Crippen molar-refractivity contribution in [3.05, 3.63) is 64.2 Å². The Balaban J connectivity index is 2.02. The molecule has 3 rings (SSSR count). The van der Waals surface area contributed by atoms with Crippen LogP contribution in [-0.2, 0) is 0 Å². The van der Waals surface area contributed by atoms with E-state index in [0.29, 0.717) is 6.42 Å². The maximum atomic E-state index is 10.3. The minimum absolute atomic E-state index is 0.0690. The lowest BCUT2D eigenvalue weighted by Crippen LogP contribution is -2.20. The number of rotatable bonds is 1. The van der Waals surface area contributed by atoms with Crippen LogP contribution >= 0.6 is 0 Å². The first-order valence-corrected chi connectivity index (χ1v) is 7.07. The average Bonchev–Trinajstić information content (AvgIpc) is 2.37. The van der Waals surface area contributed by atoms with Gasteiger partial charge in [-0.1, -0.05) is 35.9 Å². The van der Waals surface area contributed by atoms with Crippen LogP contribution in [0.5, 0.6) is 5.75 Å². The van der Waals surface area contributed by atoms with Gasteiger partial charge in [0.2, 0.25) is 0 Å². The molecule has 0 saturated carbocycles. The number of para-hydroxylation sites is 1. The molecular weight excluding hydrogens is 248 g/mol. The van der Waals surface area contributed by atoms with Crippen molar-refractivity contribution in [1.29, 1.82) is 0 Å². The van der Waals surface area contributed by atoms with E-state index in [2.05, 4.69) is 32.9 Å². The molecule has 2 atom stereocenters. The second-order valence-corrected chi connectivity index (χ2v) is 5.71. The van der Waals surface area contributed by atoms with Crippen LogP contribution in [0.3, 0.4) is 0 Å². The van der Waals surface area contributed by atoms with E-state index in [1.54, 1.807) is 0 Å². The Labute approximate surface area is 120 Å². The van der Waals surface area contributed by atoms with Crippen molar-refractivity contribution in [2.45, 2.75) is 39.4 Å². The number of ether oxygens (including phenoxy) is 1. The molecule has 1 N–H and O–H groups in total. The summed E-state index contributed by atoms with van der Waals surface area (Å²) in [7, 11) is 0. The first kappa shape index (κ1) is 13.2. The van der Waals surface area contributed by atoms with E-state index < -0.39 is 6.10 Å². The number of hydrogen-bond acceptors (Lipinski definition) is 2. The molecule has 2 heteroatoms. The number of fused-ring (bicyclic) bond motifs is 1. The second-order valence-electron chi connectivity index (χ2n) is 5.71. The zero-order valence-corrected chi connectivity index (χ0v) is 12.2. The molecule has 104 valence electrons. The summed E-state index contributed by atoms with van der Waals surface area (Å²) in [6.45, 7) is 6.34. The lowest BCUT2D eigenvalue weighted by atomic mass is 9.89. The zero-order chi connectivity index (χ0) is 14.3. The average molecular weight is 268 g/mol. The van der Waals surface area contributed by atoms with Crippen molar-refractivity contribution >= 4 is 0 Å². The number of benzene rings is 2. The molecule has 0 spiro atoms. The summed E-state index contributed by atoms with van der Waals surface area (Å²) >= 11 is 0. The molecule has 20 heavy (non-hydrogen) atoms. The Morgan fingerprint density at radius 1 is 1.05 bits per heavy atom. The fourth-order valence-electron chi connectivity index (χ4n) is 3.27. The van der Waals surface area contributed by atoms with Gasteiger partial charge in [-0.15, -0.1) is 0 Å². The summed E-state index contributed by atoms with van der Waals surface area (Å²) in [5, 5.41) is 10.3. The zero-order valence-electron chi connectivity index (χ0n) is 12.2. The fraction of sp³-hybridized carbons (Fsp3) is 0.333. The first-order valence-electron chi connectivity index (χ1n) is 7.07. The van der Waals surface area contributed by atoms with Crippen LogP contribution in [0.15, 0.2) is 36.4 Å². The molecule has 0 aromatic heterocycles. The van der Waals surface area contributed by atoms with Gasteiger partial charge < -0.3 is 9.84 Å². The van der Waals surface area contributed by atoms with Crippen LogP contribution in [0.1, 0.15) is 46.4 Å². The van der Waals surface area contributed by atoms with Gasteiger partial charge >= 0.3 is 0 Å². The van der Waals surface area contributed by atoms with Crippen LogP contribution in [-0.4, -0.2) is 5.11 Å². The summed E-state index contributed by atoms with van der Waals surface area (Å²) in [4.78, 5) is 0. The SMILES string of the molecule is Cc1cc(C)c(C2CC(O)c3ccccc3O2)c(C)c1. The topological polar surface area (TPSA) is 29.5 Å². The van der Waals surface area contributed by atoms with Gasteiger partial charge in [0.05, 0.1) is 6.10 Å². The Hall–Kier alpha value is -1.80. The molecule has 0 amide bonds.